The number of pyridine rings is 1. The minimum atomic E-state index is -0.263. The van der Waals surface area contributed by atoms with E-state index in [1.807, 2.05) is 6.20 Å². The van der Waals surface area contributed by atoms with Crippen molar-refractivity contribution in [2.24, 2.45) is 0 Å². The van der Waals surface area contributed by atoms with Crippen LogP contribution in [0.2, 0.25) is 0 Å². The average molecular weight is 249 g/mol. The molecule has 0 aromatic carbocycles. The smallest absolute Gasteiger partial charge is 0.142 e. The Morgan fingerprint density at radius 3 is 3.00 bits per heavy atom. The van der Waals surface area contributed by atoms with E-state index >= 15 is 0 Å². The maximum absolute atomic E-state index is 13.2. The normalized spacial score (nSPS) is 17.4. The van der Waals surface area contributed by atoms with E-state index in [2.05, 4.69) is 14.9 Å². The van der Waals surface area contributed by atoms with Gasteiger partial charge in [0, 0.05) is 19.6 Å². The quantitative estimate of drug-likeness (QED) is 0.907. The van der Waals surface area contributed by atoms with Gasteiger partial charge in [0.15, 0.2) is 0 Å². The van der Waals surface area contributed by atoms with Crippen molar-refractivity contribution in [1.82, 2.24) is 14.9 Å². The zero-order valence-corrected chi connectivity index (χ0v) is 10.5. The monoisotopic (exact) mass is 249 g/mol. The molecule has 2 aromatic heterocycles. The number of halogens is 1. The van der Waals surface area contributed by atoms with E-state index in [0.717, 1.165) is 24.0 Å². The number of H-pyrrole nitrogens is 1. The summed E-state index contributed by atoms with van der Waals surface area (Å²) in [6.45, 7) is 3.47. The fraction of sp³-hybridized carbons (Fsp3) is 0.500. The average Bonchev–Trinajstić information content (AvgIpc) is 2.80. The molecular weight excluding hydrogens is 229 g/mol. The molecule has 0 spiro atoms. The molecule has 1 aliphatic heterocycles. The van der Waals surface area contributed by atoms with Crippen LogP contribution in [0.1, 0.15) is 26.3 Å². The Bertz CT molecular complexity index is 534. The number of rotatable bonds is 3. The predicted molar refractivity (Wildman–Crippen MR) is 72.2 cm³/mol. The Morgan fingerprint density at radius 1 is 1.33 bits per heavy atom. The lowest BCUT2D eigenvalue weighted by molar-refractivity contribution is 0.231. The molecule has 0 bridgehead atoms. The van der Waals surface area contributed by atoms with E-state index in [1.165, 1.54) is 44.1 Å². The van der Waals surface area contributed by atoms with Crippen molar-refractivity contribution in [2.75, 3.05) is 19.6 Å². The molecule has 3 nitrogen and oxygen atoms in total. The third-order valence-corrected chi connectivity index (χ3v) is 3.73. The maximum Gasteiger partial charge on any atom is 0.142 e. The highest BCUT2D eigenvalue weighted by Gasteiger charge is 2.11. The van der Waals surface area contributed by atoms with Gasteiger partial charge >= 0.3 is 0 Å². The second kappa shape index (κ2) is 5.06. The van der Waals surface area contributed by atoms with Crippen molar-refractivity contribution in [3.8, 4) is 0 Å². The van der Waals surface area contributed by atoms with Gasteiger partial charge < -0.3 is 9.88 Å². The zero-order valence-electron chi connectivity index (χ0n) is 10.5. The van der Waals surface area contributed by atoms with E-state index in [0.29, 0.717) is 0 Å². The number of nitrogens with zero attached hydrogens (tertiary/aromatic N) is 2. The van der Waals surface area contributed by atoms with Gasteiger partial charge in [0.05, 0.1) is 6.20 Å². The highest BCUT2D eigenvalue weighted by molar-refractivity contribution is 5.79. The standard InChI is InChI=1S/C14H18FN3.H2/c15-12-8-13-11(9-16-14(13)17-10-12)4-7-18-5-2-1-3-6-18;/h8-10H,1-7H2,(H,16,17);1H. The molecule has 0 saturated carbocycles. The number of aromatic nitrogens is 2. The van der Waals surface area contributed by atoms with Gasteiger partial charge in [0.2, 0.25) is 0 Å². The minimum absolute atomic E-state index is 0. The van der Waals surface area contributed by atoms with Crippen LogP contribution in [-0.4, -0.2) is 34.5 Å². The second-order valence-corrected chi connectivity index (χ2v) is 5.02. The van der Waals surface area contributed by atoms with Crippen LogP contribution in [-0.2, 0) is 6.42 Å². The summed E-state index contributed by atoms with van der Waals surface area (Å²) in [5.41, 5.74) is 1.95. The number of hydrogen-bond acceptors (Lipinski definition) is 2. The van der Waals surface area contributed by atoms with Crippen molar-refractivity contribution in [3.05, 3.63) is 29.8 Å². The van der Waals surface area contributed by atoms with Crippen molar-refractivity contribution in [3.63, 3.8) is 0 Å². The van der Waals surface area contributed by atoms with E-state index in [4.69, 9.17) is 0 Å². The van der Waals surface area contributed by atoms with Gasteiger partial charge in [-0.05, 0) is 44.0 Å². The molecule has 3 rings (SSSR count). The van der Waals surface area contributed by atoms with Gasteiger partial charge in [-0.1, -0.05) is 6.42 Å². The maximum atomic E-state index is 13.2. The lowest BCUT2D eigenvalue weighted by Crippen LogP contribution is -2.31. The number of fused-ring (bicyclic) bond motifs is 1. The van der Waals surface area contributed by atoms with Crippen molar-refractivity contribution < 1.29 is 5.82 Å². The van der Waals surface area contributed by atoms with Crippen LogP contribution in [0.15, 0.2) is 18.5 Å². The summed E-state index contributed by atoms with van der Waals surface area (Å²) in [4.78, 5) is 9.65. The molecule has 18 heavy (non-hydrogen) atoms. The molecule has 98 valence electrons. The van der Waals surface area contributed by atoms with Crippen molar-refractivity contribution in [2.45, 2.75) is 25.7 Å². The van der Waals surface area contributed by atoms with Crippen molar-refractivity contribution in [1.29, 1.82) is 0 Å². The molecule has 0 aliphatic carbocycles. The van der Waals surface area contributed by atoms with Gasteiger partial charge in [-0.15, -0.1) is 0 Å². The fourth-order valence-corrected chi connectivity index (χ4v) is 2.70. The van der Waals surface area contributed by atoms with Crippen LogP contribution in [0, 0.1) is 5.82 Å². The first-order valence-electron chi connectivity index (χ1n) is 6.67. The molecule has 1 aliphatic rings. The SMILES string of the molecule is Fc1cnc2[nH]cc(CCN3CCCCC3)c2c1.[HH]. The number of aromatic amines is 1. The Balaban J connectivity index is 0.00000133. The molecule has 2 aromatic rings. The molecular formula is C14H20FN3. The Labute approximate surface area is 108 Å². The molecule has 0 amide bonds. The fourth-order valence-electron chi connectivity index (χ4n) is 2.70. The minimum Gasteiger partial charge on any atom is -0.346 e. The van der Waals surface area contributed by atoms with Gasteiger partial charge in [0.1, 0.15) is 11.5 Å². The van der Waals surface area contributed by atoms with E-state index in [1.54, 1.807) is 6.07 Å². The molecule has 0 radical (unpaired) electrons. The third-order valence-electron chi connectivity index (χ3n) is 3.73. The summed E-state index contributed by atoms with van der Waals surface area (Å²) >= 11 is 0. The lowest BCUT2D eigenvalue weighted by Gasteiger charge is -2.26. The first-order chi connectivity index (χ1) is 8.83. The summed E-state index contributed by atoms with van der Waals surface area (Å²) < 4.78 is 13.2. The van der Waals surface area contributed by atoms with Gasteiger partial charge in [-0.3, -0.25) is 0 Å². The molecule has 0 unspecified atom stereocenters. The highest BCUT2D eigenvalue weighted by atomic mass is 19.1. The van der Waals surface area contributed by atoms with Gasteiger partial charge in [-0.2, -0.15) is 0 Å². The first-order valence-corrected chi connectivity index (χ1v) is 6.67. The van der Waals surface area contributed by atoms with Crippen LogP contribution >= 0.6 is 0 Å². The van der Waals surface area contributed by atoms with Crippen LogP contribution in [0.4, 0.5) is 4.39 Å². The Hall–Kier alpha value is -1.42. The number of piperidine rings is 1. The molecule has 1 N–H and O–H groups in total. The zero-order chi connectivity index (χ0) is 12.4. The third kappa shape index (κ3) is 2.38. The summed E-state index contributed by atoms with van der Waals surface area (Å²) in [6, 6.07) is 1.57. The number of nitrogens with one attached hydrogen (secondary N) is 1. The summed E-state index contributed by atoms with van der Waals surface area (Å²) in [5.74, 6) is -0.263. The van der Waals surface area contributed by atoms with Gasteiger partial charge in [-0.25, -0.2) is 9.37 Å². The molecule has 1 saturated heterocycles. The highest BCUT2D eigenvalue weighted by Crippen LogP contribution is 2.18. The van der Waals surface area contributed by atoms with Crippen LogP contribution in [0.5, 0.6) is 0 Å². The Morgan fingerprint density at radius 2 is 2.17 bits per heavy atom. The van der Waals surface area contributed by atoms with Crippen molar-refractivity contribution >= 4 is 11.0 Å². The number of hydrogen-bond donors (Lipinski definition) is 1. The summed E-state index contributed by atoms with van der Waals surface area (Å²) in [7, 11) is 0. The molecule has 0 atom stereocenters. The molecule has 4 heteroatoms. The molecule has 1 fully saturated rings. The summed E-state index contributed by atoms with van der Waals surface area (Å²) in [5, 5.41) is 0.923. The first kappa shape index (κ1) is 11.7. The largest absolute Gasteiger partial charge is 0.346 e. The van der Waals surface area contributed by atoms with Crippen LogP contribution in [0.3, 0.4) is 0 Å². The molecule has 3 heterocycles. The topological polar surface area (TPSA) is 31.9 Å². The van der Waals surface area contributed by atoms with Gasteiger partial charge in [0.25, 0.3) is 0 Å². The van der Waals surface area contributed by atoms with E-state index < -0.39 is 0 Å². The number of likely N-dealkylation sites (tertiary alicyclic amines) is 1. The summed E-state index contributed by atoms with van der Waals surface area (Å²) in [6.07, 6.45) is 8.16. The van der Waals surface area contributed by atoms with Crippen LogP contribution in [0.25, 0.3) is 11.0 Å². The predicted octanol–water partition coefficient (Wildman–Crippen LogP) is 2.98. The second-order valence-electron chi connectivity index (χ2n) is 5.02. The van der Waals surface area contributed by atoms with E-state index in [9.17, 15) is 4.39 Å². The Kier molecular flexibility index (Phi) is 3.28. The lowest BCUT2D eigenvalue weighted by atomic mass is 10.1. The van der Waals surface area contributed by atoms with Crippen LogP contribution < -0.4 is 0 Å². The van der Waals surface area contributed by atoms with E-state index in [-0.39, 0.29) is 7.24 Å².